The van der Waals surface area contributed by atoms with Crippen LogP contribution in [0.5, 0.6) is 5.75 Å². The molecule has 2 rings (SSSR count). The van der Waals surface area contributed by atoms with E-state index >= 15 is 0 Å². The van der Waals surface area contributed by atoms with Gasteiger partial charge in [-0.15, -0.1) is 0 Å². The summed E-state index contributed by atoms with van der Waals surface area (Å²) in [5.74, 6) is -0.796. The van der Waals surface area contributed by atoms with Crippen LogP contribution in [-0.2, 0) is 20.9 Å². The van der Waals surface area contributed by atoms with E-state index in [0.717, 1.165) is 6.07 Å². The van der Waals surface area contributed by atoms with Crippen LogP contribution in [0, 0.1) is 0 Å². The fraction of sp³-hybridized carbons (Fsp3) is 0.588. The summed E-state index contributed by atoms with van der Waals surface area (Å²) in [6.07, 6.45) is -4.73. The van der Waals surface area contributed by atoms with Gasteiger partial charge in [0.2, 0.25) is 10.0 Å². The van der Waals surface area contributed by atoms with E-state index in [2.05, 4.69) is 4.72 Å². The lowest BCUT2D eigenvalue weighted by Crippen LogP contribution is -2.47. The molecular weight excluding hydrogens is 401 g/mol. The number of aromatic hydroxyl groups is 1. The Morgan fingerprint density at radius 1 is 1.18 bits per heavy atom. The van der Waals surface area contributed by atoms with Crippen molar-refractivity contribution in [2.75, 3.05) is 13.1 Å². The van der Waals surface area contributed by atoms with Gasteiger partial charge < -0.3 is 14.7 Å². The first kappa shape index (κ1) is 22.3. The van der Waals surface area contributed by atoms with Gasteiger partial charge in [0, 0.05) is 19.1 Å². The number of nitrogens with one attached hydrogen (secondary N) is 1. The Labute approximate surface area is 161 Å². The third kappa shape index (κ3) is 5.99. The molecule has 1 aliphatic rings. The normalized spacial score (nSPS) is 16.9. The van der Waals surface area contributed by atoms with Crippen LogP contribution < -0.4 is 4.72 Å². The highest BCUT2D eigenvalue weighted by Gasteiger charge is 2.34. The van der Waals surface area contributed by atoms with E-state index in [-0.39, 0.29) is 25.9 Å². The molecule has 2 N–H and O–H groups in total. The summed E-state index contributed by atoms with van der Waals surface area (Å²) in [4.78, 5) is 12.8. The van der Waals surface area contributed by atoms with Crippen LogP contribution in [-0.4, -0.2) is 49.2 Å². The minimum absolute atomic E-state index is 0.246. The van der Waals surface area contributed by atoms with Gasteiger partial charge in [0.05, 0.1) is 10.5 Å². The van der Waals surface area contributed by atoms with Gasteiger partial charge in [-0.25, -0.2) is 17.9 Å². The number of halogens is 3. The van der Waals surface area contributed by atoms with Crippen LogP contribution in [0.2, 0.25) is 0 Å². The maximum absolute atomic E-state index is 12.9. The van der Waals surface area contributed by atoms with Crippen LogP contribution in [0.3, 0.4) is 0 Å². The monoisotopic (exact) mass is 424 g/mol. The first-order chi connectivity index (χ1) is 12.7. The summed E-state index contributed by atoms with van der Waals surface area (Å²) >= 11 is 0. The molecule has 1 fully saturated rings. The highest BCUT2D eigenvalue weighted by molar-refractivity contribution is 7.89. The minimum atomic E-state index is -4.79. The van der Waals surface area contributed by atoms with Crippen molar-refractivity contribution in [2.45, 2.75) is 56.3 Å². The Morgan fingerprint density at radius 2 is 1.75 bits per heavy atom. The lowest BCUT2D eigenvalue weighted by atomic mass is 10.1. The smallest absolute Gasteiger partial charge is 0.416 e. The maximum atomic E-state index is 12.9. The molecule has 11 heteroatoms. The third-order valence-corrected chi connectivity index (χ3v) is 5.50. The molecule has 0 unspecified atom stereocenters. The van der Waals surface area contributed by atoms with Gasteiger partial charge in [-0.05, 0) is 51.8 Å². The molecule has 0 bridgehead atoms. The zero-order valence-electron chi connectivity index (χ0n) is 15.7. The zero-order valence-corrected chi connectivity index (χ0v) is 16.5. The van der Waals surface area contributed by atoms with Gasteiger partial charge >= 0.3 is 12.3 Å². The summed E-state index contributed by atoms with van der Waals surface area (Å²) in [5, 5.41) is 9.46. The quantitative estimate of drug-likeness (QED) is 0.778. The number of rotatable bonds is 3. The number of hydrogen-bond acceptors (Lipinski definition) is 5. The molecular formula is C17H23F3N2O5S. The molecule has 1 aromatic rings. The predicted octanol–water partition coefficient (Wildman–Crippen LogP) is 3.09. The van der Waals surface area contributed by atoms with Gasteiger partial charge in [0.25, 0.3) is 0 Å². The number of likely N-dealkylation sites (tertiary alicyclic amines) is 1. The number of phenolic OH excluding ortho intramolecular Hbond substituents is 1. The number of alkyl halides is 3. The Hall–Kier alpha value is -2.01. The zero-order chi connectivity index (χ0) is 21.3. The molecule has 28 heavy (non-hydrogen) atoms. The molecule has 1 heterocycles. The van der Waals surface area contributed by atoms with E-state index in [1.807, 2.05) is 0 Å². The number of phenols is 1. The standard InChI is InChI=1S/C17H23F3N2O5S/c1-16(2,3)27-15(24)22-6-4-12(5-7-22)21-28(25,26)14-9-11(17(18,19)20)8-13(23)10-14/h8-10,12,21,23H,4-7H2,1-3H3. The number of sulfonamides is 1. The number of nitrogens with zero attached hydrogens (tertiary/aromatic N) is 1. The number of carbonyl (C=O) groups excluding carboxylic acids is 1. The van der Waals surface area contributed by atoms with Gasteiger partial charge in [-0.3, -0.25) is 0 Å². The summed E-state index contributed by atoms with van der Waals surface area (Å²) < 4.78 is 71.0. The molecule has 158 valence electrons. The van der Waals surface area contributed by atoms with Crippen molar-refractivity contribution in [3.05, 3.63) is 23.8 Å². The second-order valence-electron chi connectivity index (χ2n) is 7.58. The van der Waals surface area contributed by atoms with Gasteiger partial charge in [-0.2, -0.15) is 13.2 Å². The van der Waals surface area contributed by atoms with E-state index in [9.17, 15) is 31.5 Å². The van der Waals surface area contributed by atoms with Crippen molar-refractivity contribution < 1.29 is 36.2 Å². The fourth-order valence-corrected chi connectivity index (χ4v) is 4.06. The first-order valence-electron chi connectivity index (χ1n) is 8.59. The maximum Gasteiger partial charge on any atom is 0.416 e. The number of benzene rings is 1. The highest BCUT2D eigenvalue weighted by Crippen LogP contribution is 2.33. The number of ether oxygens (including phenoxy) is 1. The molecule has 0 atom stereocenters. The SMILES string of the molecule is CC(C)(C)OC(=O)N1CCC(NS(=O)(=O)c2cc(O)cc(C(F)(F)F)c2)CC1. The van der Waals surface area contributed by atoms with Crippen LogP contribution >= 0.6 is 0 Å². The topological polar surface area (TPSA) is 95.9 Å². The van der Waals surface area contributed by atoms with Crippen molar-refractivity contribution in [1.82, 2.24) is 9.62 Å². The van der Waals surface area contributed by atoms with Crippen molar-refractivity contribution >= 4 is 16.1 Å². The van der Waals surface area contributed by atoms with Crippen LogP contribution in [0.1, 0.15) is 39.2 Å². The molecule has 0 spiro atoms. The van der Waals surface area contributed by atoms with E-state index in [0.29, 0.717) is 12.1 Å². The van der Waals surface area contributed by atoms with Crippen molar-refractivity contribution in [3.63, 3.8) is 0 Å². The molecule has 0 saturated carbocycles. The van der Waals surface area contributed by atoms with E-state index in [1.165, 1.54) is 4.90 Å². The molecule has 1 saturated heterocycles. The third-order valence-electron chi connectivity index (χ3n) is 4.00. The van der Waals surface area contributed by atoms with Crippen LogP contribution in [0.4, 0.5) is 18.0 Å². The molecule has 0 aromatic heterocycles. The molecule has 1 aromatic carbocycles. The molecule has 1 amide bonds. The largest absolute Gasteiger partial charge is 0.508 e. The Morgan fingerprint density at radius 3 is 2.25 bits per heavy atom. The minimum Gasteiger partial charge on any atom is -0.508 e. The van der Waals surface area contributed by atoms with Gasteiger partial charge in [0.1, 0.15) is 11.4 Å². The summed E-state index contributed by atoms with van der Waals surface area (Å²) in [6.45, 7) is 5.69. The average molecular weight is 424 g/mol. The second-order valence-corrected chi connectivity index (χ2v) is 9.29. The first-order valence-corrected chi connectivity index (χ1v) is 10.1. The van der Waals surface area contributed by atoms with Crippen LogP contribution in [0.15, 0.2) is 23.1 Å². The number of hydrogen-bond donors (Lipinski definition) is 2. The average Bonchev–Trinajstić information content (AvgIpc) is 2.52. The predicted molar refractivity (Wildman–Crippen MR) is 94.3 cm³/mol. The van der Waals surface area contributed by atoms with Gasteiger partial charge in [0.15, 0.2) is 0 Å². The second kappa shape index (κ2) is 7.78. The summed E-state index contributed by atoms with van der Waals surface area (Å²) in [7, 11) is -4.28. The van der Waals surface area contributed by atoms with Crippen molar-refractivity contribution in [2.24, 2.45) is 0 Å². The molecule has 0 aliphatic carbocycles. The molecule has 0 radical (unpaired) electrons. The van der Waals surface area contributed by atoms with Crippen molar-refractivity contribution in [1.29, 1.82) is 0 Å². The lowest BCUT2D eigenvalue weighted by molar-refractivity contribution is -0.137. The fourth-order valence-electron chi connectivity index (χ4n) is 2.70. The molecule has 1 aliphatic heterocycles. The summed E-state index contributed by atoms with van der Waals surface area (Å²) in [5.41, 5.74) is -1.91. The molecule has 7 nitrogen and oxygen atoms in total. The Balaban J connectivity index is 2.05. The van der Waals surface area contributed by atoms with E-state index < -0.39 is 50.1 Å². The Bertz CT molecular complexity index is 826. The summed E-state index contributed by atoms with van der Waals surface area (Å²) in [6, 6.07) is 1.13. The Kier molecular flexibility index (Phi) is 6.19. The van der Waals surface area contributed by atoms with E-state index in [4.69, 9.17) is 4.74 Å². The van der Waals surface area contributed by atoms with Crippen LogP contribution in [0.25, 0.3) is 0 Å². The number of carbonyl (C=O) groups is 1. The number of amides is 1. The lowest BCUT2D eigenvalue weighted by Gasteiger charge is -2.33. The van der Waals surface area contributed by atoms with E-state index in [1.54, 1.807) is 20.8 Å². The van der Waals surface area contributed by atoms with Crippen molar-refractivity contribution in [3.8, 4) is 5.75 Å². The highest BCUT2D eigenvalue weighted by atomic mass is 32.2. The number of piperidine rings is 1. The van der Waals surface area contributed by atoms with Gasteiger partial charge in [-0.1, -0.05) is 0 Å².